The van der Waals surface area contributed by atoms with Crippen LogP contribution in [0.15, 0.2) is 12.2 Å². The van der Waals surface area contributed by atoms with E-state index >= 15 is 0 Å². The largest absolute Gasteiger partial charge is 0.302 e. The maximum atomic E-state index is 4.02. The van der Waals surface area contributed by atoms with E-state index in [4.69, 9.17) is 0 Å². The van der Waals surface area contributed by atoms with Crippen LogP contribution in [0.4, 0.5) is 0 Å². The summed E-state index contributed by atoms with van der Waals surface area (Å²) in [6.45, 7) is 22.5. The van der Waals surface area contributed by atoms with E-state index in [0.717, 1.165) is 13.1 Å². The Labute approximate surface area is 109 Å². The molecule has 0 aliphatic heterocycles. The number of nitrogens with zero attached hydrogens (tertiary/aromatic N) is 1. The number of hydrogen-bond donors (Lipinski definition) is 0. The Morgan fingerprint density at radius 2 is 1.71 bits per heavy atom. The molecule has 0 aromatic heterocycles. The molecular weight excluding hydrogens is 206 g/mol. The van der Waals surface area contributed by atoms with Gasteiger partial charge in [0.25, 0.3) is 0 Å². The Morgan fingerprint density at radius 3 is 1.94 bits per heavy atom. The van der Waals surface area contributed by atoms with Gasteiger partial charge >= 0.3 is 0 Å². The van der Waals surface area contributed by atoms with Gasteiger partial charge in [0.15, 0.2) is 0 Å². The Kier molecular flexibility index (Phi) is 5.93. The highest BCUT2D eigenvalue weighted by atomic mass is 15.1. The van der Waals surface area contributed by atoms with Crippen LogP contribution in [0.3, 0.4) is 0 Å². The molecule has 0 saturated heterocycles. The zero-order valence-electron chi connectivity index (χ0n) is 13.4. The van der Waals surface area contributed by atoms with Gasteiger partial charge < -0.3 is 4.90 Å². The Balaban J connectivity index is 5.01. The summed E-state index contributed by atoms with van der Waals surface area (Å²) in [6.07, 6.45) is 1.23. The first kappa shape index (κ1) is 16.7. The third-order valence-corrected chi connectivity index (χ3v) is 4.32. The molecule has 0 aliphatic carbocycles. The molecule has 17 heavy (non-hydrogen) atoms. The van der Waals surface area contributed by atoms with Crippen LogP contribution < -0.4 is 0 Å². The van der Waals surface area contributed by atoms with Crippen molar-refractivity contribution < 1.29 is 0 Å². The van der Waals surface area contributed by atoms with Gasteiger partial charge in [-0.3, -0.25) is 0 Å². The standard InChI is InChI=1S/C16H33N/c1-10-16(14(4)5,15(6,7)8)12-17(9)11-13(2)3/h14H,2,10-12H2,1,3-9H3. The zero-order chi connectivity index (χ0) is 13.9. The number of rotatable bonds is 6. The van der Waals surface area contributed by atoms with E-state index in [0.29, 0.717) is 16.7 Å². The molecule has 0 N–H and O–H groups in total. The summed E-state index contributed by atoms with van der Waals surface area (Å²) >= 11 is 0. The molecule has 0 saturated carbocycles. The Morgan fingerprint density at radius 1 is 1.24 bits per heavy atom. The summed E-state index contributed by atoms with van der Waals surface area (Å²) in [5.41, 5.74) is 1.95. The average molecular weight is 239 g/mol. The molecule has 1 heteroatoms. The zero-order valence-corrected chi connectivity index (χ0v) is 13.4. The first-order valence-electron chi connectivity index (χ1n) is 6.89. The summed E-state index contributed by atoms with van der Waals surface area (Å²) < 4.78 is 0. The van der Waals surface area contributed by atoms with Crippen molar-refractivity contribution >= 4 is 0 Å². The highest BCUT2D eigenvalue weighted by molar-refractivity contribution is 4.97. The predicted molar refractivity (Wildman–Crippen MR) is 79.3 cm³/mol. The van der Waals surface area contributed by atoms with Crippen LogP contribution in [0.1, 0.15) is 54.9 Å². The van der Waals surface area contributed by atoms with Crippen molar-refractivity contribution in [1.82, 2.24) is 4.90 Å². The second kappa shape index (κ2) is 6.04. The molecule has 0 heterocycles. The van der Waals surface area contributed by atoms with E-state index in [2.05, 4.69) is 67.0 Å². The lowest BCUT2D eigenvalue weighted by Crippen LogP contribution is -2.48. The van der Waals surface area contributed by atoms with Gasteiger partial charge in [-0.2, -0.15) is 0 Å². The average Bonchev–Trinajstić information content (AvgIpc) is 2.10. The maximum Gasteiger partial charge on any atom is 0.0184 e. The summed E-state index contributed by atoms with van der Waals surface area (Å²) in [4.78, 5) is 2.43. The predicted octanol–water partition coefficient (Wildman–Crippen LogP) is 4.59. The van der Waals surface area contributed by atoms with Gasteiger partial charge in [-0.05, 0) is 37.1 Å². The van der Waals surface area contributed by atoms with Crippen molar-refractivity contribution in [2.45, 2.75) is 54.9 Å². The SMILES string of the molecule is C=C(C)CN(C)CC(CC)(C(C)C)C(C)(C)C. The molecule has 1 nitrogen and oxygen atoms in total. The van der Waals surface area contributed by atoms with Crippen molar-refractivity contribution in [2.75, 3.05) is 20.1 Å². The van der Waals surface area contributed by atoms with Crippen LogP contribution in [-0.4, -0.2) is 25.0 Å². The van der Waals surface area contributed by atoms with Crippen LogP contribution in [0.25, 0.3) is 0 Å². The van der Waals surface area contributed by atoms with Crippen molar-refractivity contribution in [3.05, 3.63) is 12.2 Å². The van der Waals surface area contributed by atoms with Crippen molar-refractivity contribution in [1.29, 1.82) is 0 Å². The Bertz CT molecular complexity index is 247. The van der Waals surface area contributed by atoms with Crippen LogP contribution in [0.5, 0.6) is 0 Å². The molecule has 102 valence electrons. The second-order valence-electron chi connectivity index (χ2n) is 7.04. The molecule has 1 unspecified atom stereocenters. The molecule has 1 atom stereocenters. The van der Waals surface area contributed by atoms with Gasteiger partial charge in [0, 0.05) is 13.1 Å². The normalized spacial score (nSPS) is 16.4. The van der Waals surface area contributed by atoms with Gasteiger partial charge in [0.2, 0.25) is 0 Å². The molecule has 0 amide bonds. The molecule has 0 aromatic rings. The molecule has 0 fully saturated rings. The van der Waals surface area contributed by atoms with Gasteiger partial charge in [0.1, 0.15) is 0 Å². The van der Waals surface area contributed by atoms with E-state index in [1.165, 1.54) is 12.0 Å². The topological polar surface area (TPSA) is 3.24 Å². The molecule has 0 radical (unpaired) electrons. The Hall–Kier alpha value is -0.300. The highest BCUT2D eigenvalue weighted by Gasteiger charge is 2.43. The minimum atomic E-state index is 0.333. The third kappa shape index (κ3) is 4.13. The summed E-state index contributed by atoms with van der Waals surface area (Å²) in [5, 5.41) is 0. The third-order valence-electron chi connectivity index (χ3n) is 4.32. The fourth-order valence-electron chi connectivity index (χ4n) is 3.33. The fraction of sp³-hybridized carbons (Fsp3) is 0.875. The lowest BCUT2D eigenvalue weighted by atomic mass is 9.59. The monoisotopic (exact) mass is 239 g/mol. The minimum absolute atomic E-state index is 0.333. The highest BCUT2D eigenvalue weighted by Crippen LogP contribution is 2.47. The summed E-state index contributed by atoms with van der Waals surface area (Å²) in [6, 6.07) is 0. The van der Waals surface area contributed by atoms with E-state index < -0.39 is 0 Å². The molecule has 0 spiro atoms. The van der Waals surface area contributed by atoms with Gasteiger partial charge in [-0.1, -0.05) is 53.7 Å². The van der Waals surface area contributed by atoms with Crippen molar-refractivity contribution in [3.8, 4) is 0 Å². The minimum Gasteiger partial charge on any atom is -0.302 e. The smallest absolute Gasteiger partial charge is 0.0184 e. The lowest BCUT2D eigenvalue weighted by molar-refractivity contribution is -0.00344. The second-order valence-corrected chi connectivity index (χ2v) is 7.04. The molecular formula is C16H33N. The summed E-state index contributed by atoms with van der Waals surface area (Å²) in [7, 11) is 2.22. The lowest BCUT2D eigenvalue weighted by Gasteiger charge is -2.50. The molecule has 0 rings (SSSR count). The fourth-order valence-corrected chi connectivity index (χ4v) is 3.33. The van der Waals surface area contributed by atoms with Crippen molar-refractivity contribution in [3.63, 3.8) is 0 Å². The van der Waals surface area contributed by atoms with Gasteiger partial charge in [-0.15, -0.1) is 0 Å². The van der Waals surface area contributed by atoms with E-state index in [9.17, 15) is 0 Å². The number of hydrogen-bond acceptors (Lipinski definition) is 1. The first-order chi connectivity index (χ1) is 7.56. The van der Waals surface area contributed by atoms with Gasteiger partial charge in [-0.25, -0.2) is 0 Å². The van der Waals surface area contributed by atoms with Gasteiger partial charge in [0.05, 0.1) is 0 Å². The summed E-state index contributed by atoms with van der Waals surface area (Å²) in [5.74, 6) is 0.695. The van der Waals surface area contributed by atoms with E-state index in [-0.39, 0.29) is 0 Å². The van der Waals surface area contributed by atoms with Crippen LogP contribution in [0.2, 0.25) is 0 Å². The van der Waals surface area contributed by atoms with E-state index in [1.54, 1.807) is 0 Å². The first-order valence-corrected chi connectivity index (χ1v) is 6.89. The quantitative estimate of drug-likeness (QED) is 0.613. The molecule has 0 aromatic carbocycles. The van der Waals surface area contributed by atoms with Crippen LogP contribution in [0, 0.1) is 16.7 Å². The van der Waals surface area contributed by atoms with Crippen LogP contribution >= 0.6 is 0 Å². The maximum absolute atomic E-state index is 4.02. The molecule has 0 bridgehead atoms. The van der Waals surface area contributed by atoms with E-state index in [1.807, 2.05) is 0 Å². The molecule has 0 aliphatic rings. The number of likely N-dealkylation sites (N-methyl/N-ethyl adjacent to an activating group) is 1. The van der Waals surface area contributed by atoms with Crippen molar-refractivity contribution in [2.24, 2.45) is 16.7 Å². The van der Waals surface area contributed by atoms with Crippen LogP contribution in [-0.2, 0) is 0 Å².